The summed E-state index contributed by atoms with van der Waals surface area (Å²) in [6, 6.07) is 7.27. The summed E-state index contributed by atoms with van der Waals surface area (Å²) in [6.07, 6.45) is 3.40. The zero-order chi connectivity index (χ0) is 15.2. The Hall–Kier alpha value is -2.14. The van der Waals surface area contributed by atoms with Crippen molar-refractivity contribution in [3.05, 3.63) is 58.3 Å². The van der Waals surface area contributed by atoms with Crippen molar-refractivity contribution in [2.75, 3.05) is 6.61 Å². The number of rotatable bonds is 6. The van der Waals surface area contributed by atoms with Gasteiger partial charge in [0, 0.05) is 12.4 Å². The molecule has 1 aromatic heterocycles. The number of nitrogens with zero attached hydrogens (tertiary/aromatic N) is 2. The molecule has 0 fully saturated rings. The van der Waals surface area contributed by atoms with Crippen molar-refractivity contribution in [3.63, 3.8) is 0 Å². The summed E-state index contributed by atoms with van der Waals surface area (Å²) < 4.78 is 6.91. The van der Waals surface area contributed by atoms with Crippen LogP contribution >= 0.6 is 0 Å². The maximum absolute atomic E-state index is 11.6. The minimum absolute atomic E-state index is 0.183. The molecule has 0 amide bonds. The van der Waals surface area contributed by atoms with E-state index in [4.69, 9.17) is 4.74 Å². The third-order valence-corrected chi connectivity index (χ3v) is 3.09. The predicted octanol–water partition coefficient (Wildman–Crippen LogP) is 2.07. The molecule has 1 unspecified atom stereocenters. The van der Waals surface area contributed by atoms with Crippen molar-refractivity contribution in [1.29, 1.82) is 0 Å². The average Bonchev–Trinajstić information content (AvgIpc) is 2.49. The van der Waals surface area contributed by atoms with Crippen molar-refractivity contribution >= 4 is 0 Å². The van der Waals surface area contributed by atoms with E-state index in [1.807, 2.05) is 38.1 Å². The standard InChI is InChI=1S/C16H20N2O3/c1-3-8-21-14-6-4-13(5-7-14)15(19)11-18-10-12(2)9-17-16(18)20/h4-7,9-10,15,19H,3,8,11H2,1-2H3. The van der Waals surface area contributed by atoms with Gasteiger partial charge in [0.05, 0.1) is 19.3 Å². The van der Waals surface area contributed by atoms with Gasteiger partial charge in [-0.05, 0) is 36.6 Å². The molecular weight excluding hydrogens is 268 g/mol. The van der Waals surface area contributed by atoms with Crippen LogP contribution in [-0.2, 0) is 6.54 Å². The normalized spacial score (nSPS) is 12.1. The van der Waals surface area contributed by atoms with Crippen LogP contribution in [0, 0.1) is 6.92 Å². The van der Waals surface area contributed by atoms with Gasteiger partial charge in [-0.3, -0.25) is 4.57 Å². The van der Waals surface area contributed by atoms with Gasteiger partial charge in [-0.1, -0.05) is 19.1 Å². The van der Waals surface area contributed by atoms with E-state index in [0.29, 0.717) is 6.61 Å². The Morgan fingerprint density at radius 1 is 1.33 bits per heavy atom. The highest BCUT2D eigenvalue weighted by Crippen LogP contribution is 2.19. The van der Waals surface area contributed by atoms with Crippen LogP contribution in [-0.4, -0.2) is 21.3 Å². The third-order valence-electron chi connectivity index (χ3n) is 3.09. The molecule has 2 aromatic rings. The number of hydrogen-bond acceptors (Lipinski definition) is 4. The van der Waals surface area contributed by atoms with Gasteiger partial charge in [-0.15, -0.1) is 0 Å². The molecule has 0 spiro atoms. The van der Waals surface area contributed by atoms with Crippen LogP contribution < -0.4 is 10.4 Å². The van der Waals surface area contributed by atoms with Crippen LogP contribution in [0.5, 0.6) is 5.75 Å². The predicted molar refractivity (Wildman–Crippen MR) is 80.4 cm³/mol. The first-order valence-electron chi connectivity index (χ1n) is 7.04. The number of aliphatic hydroxyl groups excluding tert-OH is 1. The quantitative estimate of drug-likeness (QED) is 0.884. The van der Waals surface area contributed by atoms with Gasteiger partial charge in [0.1, 0.15) is 5.75 Å². The summed E-state index contributed by atoms with van der Waals surface area (Å²) >= 11 is 0. The van der Waals surface area contributed by atoms with E-state index < -0.39 is 6.10 Å². The molecule has 1 atom stereocenters. The Balaban J connectivity index is 2.07. The fourth-order valence-corrected chi connectivity index (χ4v) is 1.99. The van der Waals surface area contributed by atoms with Gasteiger partial charge >= 0.3 is 5.69 Å². The summed E-state index contributed by atoms with van der Waals surface area (Å²) in [5.74, 6) is 0.780. The lowest BCUT2D eigenvalue weighted by molar-refractivity contribution is 0.154. The fraction of sp³-hybridized carbons (Fsp3) is 0.375. The molecule has 1 aromatic carbocycles. The monoisotopic (exact) mass is 288 g/mol. The van der Waals surface area contributed by atoms with Gasteiger partial charge in [0.15, 0.2) is 0 Å². The first kappa shape index (κ1) is 15.3. The summed E-state index contributed by atoms with van der Waals surface area (Å²) in [4.78, 5) is 15.4. The molecule has 0 saturated heterocycles. The number of aryl methyl sites for hydroxylation is 1. The Kier molecular flexibility index (Phi) is 5.11. The Labute approximate surface area is 123 Å². The number of aliphatic hydroxyl groups is 1. The summed E-state index contributed by atoms with van der Waals surface area (Å²) in [5, 5.41) is 10.2. The highest BCUT2D eigenvalue weighted by molar-refractivity contribution is 5.28. The molecule has 0 aliphatic carbocycles. The first-order valence-corrected chi connectivity index (χ1v) is 7.04. The zero-order valence-corrected chi connectivity index (χ0v) is 12.3. The fourth-order valence-electron chi connectivity index (χ4n) is 1.99. The summed E-state index contributed by atoms with van der Waals surface area (Å²) in [7, 11) is 0. The highest BCUT2D eigenvalue weighted by atomic mass is 16.5. The van der Waals surface area contributed by atoms with Crippen LogP contribution in [0.4, 0.5) is 0 Å². The molecule has 1 N–H and O–H groups in total. The number of hydrogen-bond donors (Lipinski definition) is 1. The molecule has 5 nitrogen and oxygen atoms in total. The largest absolute Gasteiger partial charge is 0.494 e. The molecule has 112 valence electrons. The molecule has 0 saturated carbocycles. The lowest BCUT2D eigenvalue weighted by atomic mass is 10.1. The lowest BCUT2D eigenvalue weighted by Crippen LogP contribution is -2.25. The molecule has 0 radical (unpaired) electrons. The molecule has 0 aliphatic heterocycles. The average molecular weight is 288 g/mol. The molecule has 0 bridgehead atoms. The Morgan fingerprint density at radius 2 is 2.05 bits per heavy atom. The Bertz CT molecular complexity index is 635. The van der Waals surface area contributed by atoms with Crippen LogP contribution in [0.2, 0.25) is 0 Å². The number of benzene rings is 1. The Morgan fingerprint density at radius 3 is 2.71 bits per heavy atom. The second kappa shape index (κ2) is 7.04. The van der Waals surface area contributed by atoms with Gasteiger partial charge in [-0.25, -0.2) is 9.78 Å². The molecule has 21 heavy (non-hydrogen) atoms. The first-order chi connectivity index (χ1) is 10.1. The second-order valence-electron chi connectivity index (χ2n) is 5.00. The summed E-state index contributed by atoms with van der Waals surface area (Å²) in [6.45, 7) is 4.76. The maximum atomic E-state index is 11.6. The molecule has 2 rings (SSSR count). The molecule has 1 heterocycles. The van der Waals surface area contributed by atoms with Crippen molar-refractivity contribution in [2.45, 2.75) is 32.9 Å². The molecular formula is C16H20N2O3. The van der Waals surface area contributed by atoms with Crippen molar-refractivity contribution < 1.29 is 9.84 Å². The number of aromatic nitrogens is 2. The SMILES string of the molecule is CCCOc1ccc(C(O)Cn2cc(C)cnc2=O)cc1. The van der Waals surface area contributed by atoms with Crippen molar-refractivity contribution in [2.24, 2.45) is 0 Å². The topological polar surface area (TPSA) is 64.3 Å². The third kappa shape index (κ3) is 4.16. The lowest BCUT2D eigenvalue weighted by Gasteiger charge is -2.13. The minimum Gasteiger partial charge on any atom is -0.494 e. The van der Waals surface area contributed by atoms with Crippen LogP contribution in [0.15, 0.2) is 41.5 Å². The van der Waals surface area contributed by atoms with Crippen LogP contribution in [0.3, 0.4) is 0 Å². The molecule has 0 aliphatic rings. The van der Waals surface area contributed by atoms with E-state index in [0.717, 1.165) is 23.3 Å². The second-order valence-corrected chi connectivity index (χ2v) is 5.00. The van der Waals surface area contributed by atoms with E-state index in [2.05, 4.69) is 4.98 Å². The van der Waals surface area contributed by atoms with Crippen molar-refractivity contribution in [1.82, 2.24) is 9.55 Å². The van der Waals surface area contributed by atoms with Gasteiger partial charge < -0.3 is 9.84 Å². The van der Waals surface area contributed by atoms with Crippen LogP contribution in [0.25, 0.3) is 0 Å². The minimum atomic E-state index is -0.758. The van der Waals surface area contributed by atoms with E-state index in [-0.39, 0.29) is 12.2 Å². The van der Waals surface area contributed by atoms with Gasteiger partial charge in [0.2, 0.25) is 0 Å². The number of ether oxygens (including phenoxy) is 1. The zero-order valence-electron chi connectivity index (χ0n) is 12.3. The molecule has 5 heteroatoms. The maximum Gasteiger partial charge on any atom is 0.347 e. The smallest absolute Gasteiger partial charge is 0.347 e. The van der Waals surface area contributed by atoms with Crippen molar-refractivity contribution in [3.8, 4) is 5.75 Å². The highest BCUT2D eigenvalue weighted by Gasteiger charge is 2.10. The van der Waals surface area contributed by atoms with Gasteiger partial charge in [-0.2, -0.15) is 0 Å². The van der Waals surface area contributed by atoms with E-state index in [1.165, 1.54) is 10.8 Å². The van der Waals surface area contributed by atoms with E-state index in [9.17, 15) is 9.90 Å². The van der Waals surface area contributed by atoms with Gasteiger partial charge in [0.25, 0.3) is 0 Å². The van der Waals surface area contributed by atoms with E-state index >= 15 is 0 Å². The van der Waals surface area contributed by atoms with Crippen LogP contribution in [0.1, 0.15) is 30.6 Å². The summed E-state index contributed by atoms with van der Waals surface area (Å²) in [5.41, 5.74) is 1.26. The van der Waals surface area contributed by atoms with E-state index in [1.54, 1.807) is 6.20 Å².